The standard InChI is InChI=1S/C91H150O16P2/c1-4-7-10-13-16-19-22-25-28-31-33-35-36-37-38-39-40-41-42-43-44-45-46-47-48-50-52-54-56-59-62-65-68-71-74-77-89(94)101-80-86(92)81-103-108(97,98)104-82-87(93)83-105-109(99,100)106-85-88(107-91(96)79-76-73-70-67-64-61-58-53-30-27-24-21-18-15-12-9-6-3)84-102-90(95)78-75-72-69-66-63-60-57-55-51-49-34-32-29-26-23-20-17-14-11-8-5-2/h7,9-10,12,16-21,25-30,33-35,37-38,40-41,49,55,57-58,61,67,70,86-88,92-93H,4-6,8,11,13-15,22-24,31-32,36,39,42-48,50-54,56,59-60,62-66,68-69,71-85H2,1-3H3,(H,97,98)(H,99,100)/b10-7-,12-9-,19-16-,20-17-,21-18-,28-25-,29-26-,30-27-,35-33-,38-37-,41-40-,49-34-,57-55-,61-58-,70-67-. The summed E-state index contributed by atoms with van der Waals surface area (Å²) in [7, 11) is -9.83. The number of hydrogen-bond donors (Lipinski definition) is 4. The summed E-state index contributed by atoms with van der Waals surface area (Å²) < 4.78 is 61.1. The molecular formula is C91H150O16P2. The molecule has 5 atom stereocenters. The van der Waals surface area contributed by atoms with Crippen LogP contribution in [0, 0.1) is 0 Å². The molecule has 0 bridgehead atoms. The van der Waals surface area contributed by atoms with Crippen molar-refractivity contribution in [1.29, 1.82) is 0 Å². The van der Waals surface area contributed by atoms with Crippen LogP contribution in [0.2, 0.25) is 0 Å². The van der Waals surface area contributed by atoms with Crippen molar-refractivity contribution in [3.63, 3.8) is 0 Å². The highest BCUT2D eigenvalue weighted by Gasteiger charge is 2.29. The number of allylic oxidation sites excluding steroid dienone is 30. The van der Waals surface area contributed by atoms with Gasteiger partial charge in [-0.2, -0.15) is 0 Å². The molecule has 0 radical (unpaired) electrons. The maximum atomic E-state index is 13.0. The molecule has 5 unspecified atom stereocenters. The number of esters is 3. The molecule has 0 aromatic rings. The first-order valence-corrected chi connectivity index (χ1v) is 45.1. The zero-order chi connectivity index (χ0) is 79.4. The van der Waals surface area contributed by atoms with Gasteiger partial charge >= 0.3 is 33.6 Å². The molecule has 0 aromatic carbocycles. The predicted molar refractivity (Wildman–Crippen MR) is 454 cm³/mol. The largest absolute Gasteiger partial charge is 0.472 e. The van der Waals surface area contributed by atoms with Gasteiger partial charge < -0.3 is 34.2 Å². The fraction of sp³-hybridized carbons (Fsp3) is 0.637. The first kappa shape index (κ1) is 104. The van der Waals surface area contributed by atoms with Crippen LogP contribution in [0.4, 0.5) is 0 Å². The minimum absolute atomic E-state index is 0.0162. The summed E-state index contributed by atoms with van der Waals surface area (Å²) in [6.45, 7) is 2.33. The minimum Gasteiger partial charge on any atom is -0.463 e. The van der Waals surface area contributed by atoms with Crippen molar-refractivity contribution >= 4 is 33.6 Å². The number of carbonyl (C=O) groups is 3. The lowest BCUT2D eigenvalue weighted by atomic mass is 10.0. The maximum Gasteiger partial charge on any atom is 0.472 e. The van der Waals surface area contributed by atoms with Crippen LogP contribution >= 0.6 is 15.6 Å². The number of phosphoric acid groups is 2. The van der Waals surface area contributed by atoms with Gasteiger partial charge in [-0.1, -0.05) is 325 Å². The lowest BCUT2D eigenvalue weighted by Gasteiger charge is -2.21. The van der Waals surface area contributed by atoms with Crippen LogP contribution in [0.1, 0.15) is 316 Å². The first-order valence-electron chi connectivity index (χ1n) is 42.1. The van der Waals surface area contributed by atoms with E-state index in [-0.39, 0.29) is 19.3 Å². The molecule has 0 heterocycles. The Balaban J connectivity index is 4.52. The Kier molecular flexibility index (Phi) is 78.1. The smallest absolute Gasteiger partial charge is 0.463 e. The molecule has 4 N–H and O–H groups in total. The number of hydrogen-bond acceptors (Lipinski definition) is 14. The number of rotatable bonds is 78. The molecule has 0 aliphatic rings. The first-order chi connectivity index (χ1) is 53.2. The highest BCUT2D eigenvalue weighted by Crippen LogP contribution is 2.45. The molecule has 16 nitrogen and oxygen atoms in total. The second kappa shape index (κ2) is 82.1. The van der Waals surface area contributed by atoms with Crippen molar-refractivity contribution in [3.8, 4) is 0 Å². The van der Waals surface area contributed by atoms with E-state index in [0.717, 1.165) is 148 Å². The van der Waals surface area contributed by atoms with Crippen molar-refractivity contribution in [1.82, 2.24) is 0 Å². The third-order valence-electron chi connectivity index (χ3n) is 17.1. The Morgan fingerprint density at radius 3 is 0.798 bits per heavy atom. The van der Waals surface area contributed by atoms with Gasteiger partial charge in [-0.3, -0.25) is 32.5 Å². The normalized spacial score (nSPS) is 14.8. The van der Waals surface area contributed by atoms with Crippen LogP contribution in [0.5, 0.6) is 0 Å². The quantitative estimate of drug-likeness (QED) is 0.0146. The Morgan fingerprint density at radius 1 is 0.266 bits per heavy atom. The summed E-state index contributed by atoms with van der Waals surface area (Å²) in [6.07, 6.45) is 107. The van der Waals surface area contributed by atoms with Crippen molar-refractivity contribution < 1.29 is 75.8 Å². The maximum absolute atomic E-state index is 13.0. The molecule has 18 heteroatoms. The molecule has 109 heavy (non-hydrogen) atoms. The van der Waals surface area contributed by atoms with Crippen LogP contribution in [0.15, 0.2) is 182 Å². The topological polar surface area (TPSA) is 231 Å². The molecule has 0 saturated carbocycles. The molecule has 0 aromatic heterocycles. The van der Waals surface area contributed by atoms with E-state index >= 15 is 0 Å². The Hall–Kier alpha value is -5.35. The average Bonchev–Trinajstić information content (AvgIpc) is 0.912. The molecule has 0 amide bonds. The number of aliphatic hydroxyl groups is 2. The fourth-order valence-electron chi connectivity index (χ4n) is 10.8. The molecule has 0 rings (SSSR count). The molecule has 0 fully saturated rings. The van der Waals surface area contributed by atoms with Gasteiger partial charge in [0.1, 0.15) is 25.4 Å². The zero-order valence-electron chi connectivity index (χ0n) is 67.9. The van der Waals surface area contributed by atoms with Crippen LogP contribution in [0.25, 0.3) is 0 Å². The van der Waals surface area contributed by atoms with Crippen LogP contribution < -0.4 is 0 Å². The second-order valence-electron chi connectivity index (χ2n) is 27.5. The van der Waals surface area contributed by atoms with Gasteiger partial charge in [-0.05, 0) is 154 Å². The lowest BCUT2D eigenvalue weighted by molar-refractivity contribution is -0.161. The number of unbranched alkanes of at least 4 members (excludes halogenated alkanes) is 25. The van der Waals surface area contributed by atoms with Crippen LogP contribution in [-0.2, 0) is 55.8 Å². The van der Waals surface area contributed by atoms with Gasteiger partial charge in [0, 0.05) is 19.3 Å². The van der Waals surface area contributed by atoms with E-state index < -0.39 is 91.5 Å². The summed E-state index contributed by atoms with van der Waals surface area (Å²) in [4.78, 5) is 58.7. The summed E-state index contributed by atoms with van der Waals surface area (Å²) in [5, 5.41) is 20.7. The summed E-state index contributed by atoms with van der Waals surface area (Å²) >= 11 is 0. The van der Waals surface area contributed by atoms with Gasteiger partial charge in [0.15, 0.2) is 6.10 Å². The monoisotopic (exact) mass is 1560 g/mol. The summed E-state index contributed by atoms with van der Waals surface area (Å²) in [5.74, 6) is -1.67. The summed E-state index contributed by atoms with van der Waals surface area (Å²) in [6, 6.07) is 0. The van der Waals surface area contributed by atoms with Gasteiger partial charge in [-0.25, -0.2) is 9.13 Å². The van der Waals surface area contributed by atoms with E-state index in [0.29, 0.717) is 25.7 Å². The SMILES string of the molecule is CC/C=C\C/C=C\C/C=C\C/C=C\C/C=C\C/C=C\CCCCCCCCCCCCCCCCCCC(=O)OCC(O)COP(=O)(O)OCC(O)COP(=O)(O)OCC(COC(=O)CCCCCCC/C=C\C/C=C\C/C=C\C/C=C\CCCCC)OC(=O)CCC/C=C\C/C=C\C/C=C\C/C=C\C/C=C\CC. The second-order valence-corrected chi connectivity index (χ2v) is 30.4. The van der Waals surface area contributed by atoms with E-state index in [1.54, 1.807) is 0 Å². The number of aliphatic hydroxyl groups excluding tert-OH is 2. The zero-order valence-corrected chi connectivity index (χ0v) is 69.7. The van der Waals surface area contributed by atoms with Crippen LogP contribution in [-0.4, -0.2) is 95.9 Å². The van der Waals surface area contributed by atoms with E-state index in [4.69, 9.17) is 32.3 Å². The third-order valence-corrected chi connectivity index (χ3v) is 19.0. The van der Waals surface area contributed by atoms with Gasteiger partial charge in [0.05, 0.1) is 26.4 Å². The van der Waals surface area contributed by atoms with E-state index in [2.05, 4.69) is 191 Å². The van der Waals surface area contributed by atoms with Gasteiger partial charge in [0.25, 0.3) is 0 Å². The third kappa shape index (κ3) is 83.4. The Bertz CT molecular complexity index is 2710. The number of phosphoric ester groups is 2. The Morgan fingerprint density at radius 2 is 0.495 bits per heavy atom. The summed E-state index contributed by atoms with van der Waals surface area (Å²) in [5.41, 5.74) is 0. The molecule has 0 spiro atoms. The molecule has 0 aliphatic heterocycles. The highest BCUT2D eigenvalue weighted by atomic mass is 31.2. The van der Waals surface area contributed by atoms with Crippen molar-refractivity contribution in [3.05, 3.63) is 182 Å². The lowest BCUT2D eigenvalue weighted by Crippen LogP contribution is -2.30. The van der Waals surface area contributed by atoms with Crippen molar-refractivity contribution in [2.24, 2.45) is 0 Å². The highest BCUT2D eigenvalue weighted by molar-refractivity contribution is 7.47. The molecule has 0 saturated heterocycles. The van der Waals surface area contributed by atoms with Crippen molar-refractivity contribution in [2.75, 3.05) is 39.6 Å². The number of carbonyl (C=O) groups excluding carboxylic acids is 3. The fourth-order valence-corrected chi connectivity index (χ4v) is 12.4. The molecule has 0 aliphatic carbocycles. The van der Waals surface area contributed by atoms with Crippen molar-refractivity contribution in [2.45, 2.75) is 334 Å². The predicted octanol–water partition coefficient (Wildman–Crippen LogP) is 25.3. The molecule has 620 valence electrons. The van der Waals surface area contributed by atoms with E-state index in [1.165, 1.54) is 103 Å². The van der Waals surface area contributed by atoms with E-state index in [1.807, 2.05) is 12.2 Å². The molecular weight excluding hydrogens is 1410 g/mol. The Labute approximate surface area is 662 Å². The number of ether oxygens (including phenoxy) is 3. The van der Waals surface area contributed by atoms with Gasteiger partial charge in [-0.15, -0.1) is 0 Å². The van der Waals surface area contributed by atoms with Crippen LogP contribution in [0.3, 0.4) is 0 Å². The van der Waals surface area contributed by atoms with Gasteiger partial charge in [0.2, 0.25) is 0 Å². The average molecular weight is 1560 g/mol. The minimum atomic E-state index is -4.96. The van der Waals surface area contributed by atoms with E-state index in [9.17, 15) is 43.5 Å².